The molecule has 0 saturated carbocycles. The van der Waals surface area contributed by atoms with Crippen molar-refractivity contribution in [2.45, 2.75) is 0 Å². The van der Waals surface area contributed by atoms with E-state index in [9.17, 15) is 14.4 Å². The number of urea groups is 1. The highest BCUT2D eigenvalue weighted by Gasteiger charge is 2.29. The molecule has 1 aliphatic rings. The van der Waals surface area contributed by atoms with Crippen molar-refractivity contribution < 1.29 is 25.1 Å². The van der Waals surface area contributed by atoms with E-state index in [0.29, 0.717) is 0 Å². The summed E-state index contributed by atoms with van der Waals surface area (Å²) in [7, 11) is 0. The molecule has 0 spiro atoms. The molecule has 8 heteroatoms. The van der Waals surface area contributed by atoms with Gasteiger partial charge in [-0.3, -0.25) is 20.2 Å². The Kier molecular flexibility index (Phi) is 2.88. The van der Waals surface area contributed by atoms with E-state index in [1.807, 2.05) is 0 Å². The molecular weight excluding hydrogens is 170 g/mol. The number of carbonyl (C=O) groups excluding carboxylic acids is 3. The van der Waals surface area contributed by atoms with E-state index >= 15 is 0 Å². The molecule has 4 amide bonds. The summed E-state index contributed by atoms with van der Waals surface area (Å²) < 4.78 is 0. The summed E-state index contributed by atoms with van der Waals surface area (Å²) in [4.78, 5) is 31.5. The molecule has 1 saturated heterocycles. The predicted molar refractivity (Wildman–Crippen MR) is 34.5 cm³/mol. The highest BCUT2D eigenvalue weighted by molar-refractivity contribution is 6.68. The highest BCUT2D eigenvalue weighted by Crippen LogP contribution is 1.85. The van der Waals surface area contributed by atoms with Crippen LogP contribution in [-0.2, 0) is 9.59 Å². The van der Waals surface area contributed by atoms with Gasteiger partial charge in [0, 0.05) is 0 Å². The zero-order valence-electron chi connectivity index (χ0n) is 5.62. The molecule has 0 unspecified atom stereocenters. The van der Waals surface area contributed by atoms with E-state index in [1.54, 1.807) is 10.6 Å². The molecule has 1 heterocycles. The number of carbonyl (C=O) groups is 3. The van der Waals surface area contributed by atoms with E-state index in [1.165, 1.54) is 0 Å². The fourth-order valence-corrected chi connectivity index (χ4v) is 0.550. The van der Waals surface area contributed by atoms with Gasteiger partial charge in [-0.25, -0.2) is 4.79 Å². The number of rotatable bonds is 0. The molecule has 0 aromatic carbocycles. The van der Waals surface area contributed by atoms with E-state index in [-0.39, 0.29) is 5.48 Å². The van der Waals surface area contributed by atoms with Gasteiger partial charge in [0.1, 0.15) is 0 Å². The Morgan fingerprint density at radius 1 is 1.08 bits per heavy atom. The second kappa shape index (κ2) is 3.44. The topological polar surface area (TPSA) is 139 Å². The number of oxime groups is 1. The third kappa shape index (κ3) is 1.55. The lowest BCUT2D eigenvalue weighted by Crippen LogP contribution is -2.56. The molecule has 12 heavy (non-hydrogen) atoms. The summed E-state index contributed by atoms with van der Waals surface area (Å²) in [5.41, 5.74) is -0.732. The lowest BCUT2D eigenvalue weighted by atomic mass is 10.3. The maximum atomic E-state index is 10.6. The first kappa shape index (κ1) is 10.0. The van der Waals surface area contributed by atoms with Crippen molar-refractivity contribution in [3.05, 3.63) is 0 Å². The van der Waals surface area contributed by atoms with Crippen LogP contribution in [0.3, 0.4) is 0 Å². The normalized spacial score (nSPS) is 16.0. The van der Waals surface area contributed by atoms with Crippen LogP contribution >= 0.6 is 0 Å². The van der Waals surface area contributed by atoms with Gasteiger partial charge < -0.3 is 10.7 Å². The Bertz CT molecular complexity index is 248. The summed E-state index contributed by atoms with van der Waals surface area (Å²) >= 11 is 0. The van der Waals surface area contributed by atoms with Crippen molar-refractivity contribution in [3.8, 4) is 0 Å². The molecule has 0 aromatic rings. The Balaban J connectivity index is 0.00000121. The first-order valence-corrected chi connectivity index (χ1v) is 2.54. The SMILES string of the molecule is O.O=C1NC(=O)C(=NO)C(=O)N1. The van der Waals surface area contributed by atoms with Gasteiger partial charge in [-0.1, -0.05) is 5.16 Å². The number of nitrogens with one attached hydrogen (secondary N) is 2. The Morgan fingerprint density at radius 3 is 1.83 bits per heavy atom. The van der Waals surface area contributed by atoms with E-state index in [2.05, 4.69) is 5.16 Å². The largest absolute Gasteiger partial charge is 0.412 e. The van der Waals surface area contributed by atoms with E-state index in [0.717, 1.165) is 0 Å². The third-order valence-corrected chi connectivity index (χ3v) is 0.984. The lowest BCUT2D eigenvalue weighted by Gasteiger charge is -2.10. The molecule has 1 fully saturated rings. The fourth-order valence-electron chi connectivity index (χ4n) is 0.550. The van der Waals surface area contributed by atoms with Crippen LogP contribution in [0.25, 0.3) is 0 Å². The molecule has 0 aliphatic carbocycles. The molecule has 1 rings (SSSR count). The Hall–Kier alpha value is -1.96. The lowest BCUT2D eigenvalue weighted by molar-refractivity contribution is -0.119. The van der Waals surface area contributed by atoms with Crippen molar-refractivity contribution in [3.63, 3.8) is 0 Å². The van der Waals surface area contributed by atoms with Gasteiger partial charge in [-0.05, 0) is 0 Å². The van der Waals surface area contributed by atoms with Gasteiger partial charge in [0.05, 0.1) is 0 Å². The zero-order chi connectivity index (χ0) is 8.43. The molecule has 1 aliphatic heterocycles. The summed E-state index contributed by atoms with van der Waals surface area (Å²) in [6, 6.07) is -0.924. The van der Waals surface area contributed by atoms with Gasteiger partial charge in [0.15, 0.2) is 0 Å². The first-order valence-electron chi connectivity index (χ1n) is 2.54. The minimum atomic E-state index is -1.01. The van der Waals surface area contributed by atoms with Gasteiger partial charge in [0.2, 0.25) is 5.71 Å². The second-order valence-corrected chi connectivity index (χ2v) is 1.69. The first-order chi connectivity index (χ1) is 5.15. The van der Waals surface area contributed by atoms with Crippen LogP contribution in [0, 0.1) is 0 Å². The van der Waals surface area contributed by atoms with Gasteiger partial charge in [-0.15, -0.1) is 0 Å². The number of amides is 4. The van der Waals surface area contributed by atoms with Crippen LogP contribution in [0.4, 0.5) is 4.79 Å². The summed E-state index contributed by atoms with van der Waals surface area (Å²) in [5.74, 6) is -2.03. The molecule has 0 aromatic heterocycles. The number of hydrogen-bond acceptors (Lipinski definition) is 5. The highest BCUT2D eigenvalue weighted by atomic mass is 16.4. The van der Waals surface area contributed by atoms with Crippen molar-refractivity contribution >= 4 is 23.6 Å². The maximum Gasteiger partial charge on any atom is 0.328 e. The maximum absolute atomic E-state index is 10.6. The summed E-state index contributed by atoms with van der Waals surface area (Å²) in [6.45, 7) is 0. The number of barbiturate groups is 1. The van der Waals surface area contributed by atoms with Gasteiger partial charge in [0.25, 0.3) is 11.8 Å². The Morgan fingerprint density at radius 2 is 1.50 bits per heavy atom. The summed E-state index contributed by atoms with van der Waals surface area (Å²) in [5, 5.41) is 13.9. The van der Waals surface area contributed by atoms with Crippen LogP contribution in [0.1, 0.15) is 0 Å². The van der Waals surface area contributed by atoms with Crippen molar-refractivity contribution in [2.75, 3.05) is 0 Å². The second-order valence-electron chi connectivity index (χ2n) is 1.69. The predicted octanol–water partition coefficient (Wildman–Crippen LogP) is -2.64. The number of imide groups is 2. The third-order valence-electron chi connectivity index (χ3n) is 0.984. The molecular formula is C4H5N3O5. The van der Waals surface area contributed by atoms with Gasteiger partial charge >= 0.3 is 6.03 Å². The molecule has 8 nitrogen and oxygen atoms in total. The van der Waals surface area contributed by atoms with Crippen LogP contribution in [0.5, 0.6) is 0 Å². The smallest absolute Gasteiger partial charge is 0.328 e. The number of nitrogens with zero attached hydrogens (tertiary/aromatic N) is 1. The van der Waals surface area contributed by atoms with E-state index in [4.69, 9.17) is 5.21 Å². The monoisotopic (exact) mass is 175 g/mol. The van der Waals surface area contributed by atoms with Crippen molar-refractivity contribution in [2.24, 2.45) is 5.16 Å². The van der Waals surface area contributed by atoms with Crippen LogP contribution in [0.2, 0.25) is 0 Å². The molecule has 0 radical (unpaired) electrons. The molecule has 0 atom stereocenters. The van der Waals surface area contributed by atoms with Crippen molar-refractivity contribution in [1.29, 1.82) is 0 Å². The van der Waals surface area contributed by atoms with E-state index < -0.39 is 23.6 Å². The van der Waals surface area contributed by atoms with Gasteiger partial charge in [-0.2, -0.15) is 0 Å². The molecule has 66 valence electrons. The van der Waals surface area contributed by atoms with Crippen LogP contribution < -0.4 is 10.6 Å². The fraction of sp³-hybridized carbons (Fsp3) is 0. The summed E-state index contributed by atoms with van der Waals surface area (Å²) in [6.07, 6.45) is 0. The standard InChI is InChI=1S/C4H3N3O4.H2O/c8-2-1(7-11)3(9)6-4(10)5-2;/h11H,(H2,5,6,8,9,10);1H2. The average Bonchev–Trinajstić information content (AvgIpc) is 1.85. The zero-order valence-corrected chi connectivity index (χ0v) is 5.62. The molecule has 0 bridgehead atoms. The van der Waals surface area contributed by atoms with Crippen molar-refractivity contribution in [1.82, 2.24) is 10.6 Å². The number of hydrogen-bond donors (Lipinski definition) is 3. The van der Waals surface area contributed by atoms with Crippen LogP contribution in [-0.4, -0.2) is 34.2 Å². The minimum Gasteiger partial charge on any atom is -0.412 e. The average molecular weight is 175 g/mol. The molecule has 5 N–H and O–H groups in total. The quantitative estimate of drug-likeness (QED) is 0.273. The van der Waals surface area contributed by atoms with Crippen LogP contribution in [0.15, 0.2) is 5.16 Å². The minimum absolute atomic E-state index is 0. The Labute approximate surface area is 65.5 Å².